The molecule has 0 saturated carbocycles. The van der Waals surface area contributed by atoms with Gasteiger partial charge in [0.25, 0.3) is 0 Å². The summed E-state index contributed by atoms with van der Waals surface area (Å²) in [7, 11) is 0. The Bertz CT molecular complexity index is 598. The molecule has 0 amide bonds. The van der Waals surface area contributed by atoms with Crippen LogP contribution in [0.5, 0.6) is 0 Å². The largest absolute Gasteiger partial charge is 0.380 e. The van der Waals surface area contributed by atoms with Gasteiger partial charge in [-0.3, -0.25) is 0 Å². The Balaban J connectivity index is 2.06. The van der Waals surface area contributed by atoms with Crippen LogP contribution in [0.4, 0.5) is 10.3 Å². The first kappa shape index (κ1) is 15.3. The van der Waals surface area contributed by atoms with Crippen LogP contribution >= 0.6 is 15.9 Å². The number of ether oxygens (including phenoxy) is 1. The Labute approximate surface area is 126 Å². The van der Waals surface area contributed by atoms with Crippen LogP contribution in [0, 0.1) is 11.7 Å². The van der Waals surface area contributed by atoms with Gasteiger partial charge in [-0.1, -0.05) is 13.8 Å². The van der Waals surface area contributed by atoms with Gasteiger partial charge in [0.1, 0.15) is 5.82 Å². The minimum absolute atomic E-state index is 0.320. The lowest BCUT2D eigenvalue weighted by Crippen LogP contribution is -2.10. The first-order valence-corrected chi connectivity index (χ1v) is 7.47. The first-order valence-electron chi connectivity index (χ1n) is 6.67. The second-order valence-electron chi connectivity index (χ2n) is 5.17. The van der Waals surface area contributed by atoms with E-state index in [0.717, 1.165) is 13.0 Å². The van der Waals surface area contributed by atoms with Crippen molar-refractivity contribution >= 4 is 32.9 Å². The number of nitrogens with zero attached hydrogens (tertiary/aromatic N) is 2. The molecule has 0 unspecified atom stereocenters. The smallest absolute Gasteiger partial charge is 0.201 e. The Morgan fingerprint density at radius 3 is 2.85 bits per heavy atom. The summed E-state index contributed by atoms with van der Waals surface area (Å²) in [6.07, 6.45) is 1.03. The lowest BCUT2D eigenvalue weighted by molar-refractivity contribution is 0.117. The van der Waals surface area contributed by atoms with Gasteiger partial charge in [0.2, 0.25) is 5.95 Å². The molecule has 4 nitrogen and oxygen atoms in total. The fourth-order valence-corrected chi connectivity index (χ4v) is 2.28. The molecule has 1 aromatic carbocycles. The Morgan fingerprint density at radius 1 is 1.40 bits per heavy atom. The van der Waals surface area contributed by atoms with Gasteiger partial charge in [-0.2, -0.15) is 0 Å². The molecule has 0 saturated heterocycles. The number of aromatic nitrogens is 2. The van der Waals surface area contributed by atoms with Gasteiger partial charge >= 0.3 is 0 Å². The monoisotopic (exact) mass is 343 g/mol. The molecule has 0 bridgehead atoms. The molecule has 2 N–H and O–H groups in total. The van der Waals surface area contributed by atoms with Crippen LogP contribution in [0.1, 0.15) is 20.3 Å². The highest BCUT2D eigenvalue weighted by Gasteiger charge is 2.11. The predicted octanol–water partition coefficient (Wildman–Crippen LogP) is 3.58. The SMILES string of the molecule is CC(C)CCOCCn1c(N)nc2cc(Br)c(F)cc21. The van der Waals surface area contributed by atoms with Crippen molar-refractivity contribution in [2.45, 2.75) is 26.8 Å². The molecule has 0 spiro atoms. The van der Waals surface area contributed by atoms with E-state index in [1.165, 1.54) is 6.07 Å². The number of fused-ring (bicyclic) bond motifs is 1. The van der Waals surface area contributed by atoms with Gasteiger partial charge in [0, 0.05) is 19.2 Å². The van der Waals surface area contributed by atoms with Crippen molar-refractivity contribution in [2.75, 3.05) is 18.9 Å². The molecule has 6 heteroatoms. The number of hydrogen-bond acceptors (Lipinski definition) is 3. The minimum Gasteiger partial charge on any atom is -0.380 e. The van der Waals surface area contributed by atoms with Crippen molar-refractivity contribution in [2.24, 2.45) is 5.92 Å². The van der Waals surface area contributed by atoms with E-state index in [1.807, 2.05) is 0 Å². The topological polar surface area (TPSA) is 53.1 Å². The quantitative estimate of drug-likeness (QED) is 0.815. The van der Waals surface area contributed by atoms with Gasteiger partial charge < -0.3 is 15.0 Å². The lowest BCUT2D eigenvalue weighted by atomic mass is 10.1. The predicted molar refractivity (Wildman–Crippen MR) is 82.1 cm³/mol. The number of nitrogens with two attached hydrogens (primary N) is 1. The van der Waals surface area contributed by atoms with E-state index in [0.29, 0.717) is 40.5 Å². The molecule has 0 aliphatic heterocycles. The number of rotatable bonds is 6. The number of halogens is 2. The standard InChI is InChI=1S/C14H19BrFN3O/c1-9(2)3-5-20-6-4-19-13-8-11(16)10(15)7-12(13)18-14(19)17/h7-9H,3-6H2,1-2H3,(H2,17,18). The summed E-state index contributed by atoms with van der Waals surface area (Å²) in [5.74, 6) is 0.685. The van der Waals surface area contributed by atoms with Crippen LogP contribution in [-0.4, -0.2) is 22.8 Å². The van der Waals surface area contributed by atoms with Crippen LogP contribution in [0.25, 0.3) is 11.0 Å². The molecular formula is C14H19BrFN3O. The Kier molecular flexibility index (Phi) is 4.99. The Morgan fingerprint density at radius 2 is 2.15 bits per heavy atom. The molecule has 0 atom stereocenters. The summed E-state index contributed by atoms with van der Waals surface area (Å²) in [4.78, 5) is 4.23. The zero-order valence-corrected chi connectivity index (χ0v) is 13.3. The number of imidazole rings is 1. The average molecular weight is 344 g/mol. The van der Waals surface area contributed by atoms with Crippen LogP contribution in [-0.2, 0) is 11.3 Å². The van der Waals surface area contributed by atoms with Crippen molar-refractivity contribution in [3.8, 4) is 0 Å². The van der Waals surface area contributed by atoms with Crippen molar-refractivity contribution < 1.29 is 9.13 Å². The molecule has 2 rings (SSSR count). The normalized spacial score (nSPS) is 11.7. The zero-order valence-electron chi connectivity index (χ0n) is 11.7. The highest BCUT2D eigenvalue weighted by atomic mass is 79.9. The molecule has 0 aliphatic carbocycles. The van der Waals surface area contributed by atoms with Gasteiger partial charge in [0.15, 0.2) is 0 Å². The molecule has 110 valence electrons. The summed E-state index contributed by atoms with van der Waals surface area (Å²) in [6, 6.07) is 3.08. The third-order valence-electron chi connectivity index (χ3n) is 3.12. The van der Waals surface area contributed by atoms with E-state index in [-0.39, 0.29) is 5.82 Å². The summed E-state index contributed by atoms with van der Waals surface area (Å²) in [5, 5.41) is 0. The molecule has 0 fully saturated rings. The lowest BCUT2D eigenvalue weighted by Gasteiger charge is -2.09. The summed E-state index contributed by atoms with van der Waals surface area (Å²) >= 11 is 3.15. The van der Waals surface area contributed by atoms with Crippen LogP contribution in [0.15, 0.2) is 16.6 Å². The maximum Gasteiger partial charge on any atom is 0.201 e. The second-order valence-corrected chi connectivity index (χ2v) is 6.03. The van der Waals surface area contributed by atoms with Crippen molar-refractivity contribution in [1.82, 2.24) is 9.55 Å². The molecule has 2 aromatic rings. The fourth-order valence-electron chi connectivity index (χ4n) is 1.95. The van der Waals surface area contributed by atoms with E-state index in [2.05, 4.69) is 34.8 Å². The van der Waals surface area contributed by atoms with Crippen LogP contribution in [0.3, 0.4) is 0 Å². The molecule has 20 heavy (non-hydrogen) atoms. The average Bonchev–Trinajstić information content (AvgIpc) is 2.65. The maximum absolute atomic E-state index is 13.6. The number of hydrogen-bond donors (Lipinski definition) is 1. The van der Waals surface area contributed by atoms with E-state index >= 15 is 0 Å². The Hall–Kier alpha value is -1.14. The molecule has 0 radical (unpaired) electrons. The molecule has 1 aromatic heterocycles. The van der Waals surface area contributed by atoms with Crippen molar-refractivity contribution in [3.63, 3.8) is 0 Å². The van der Waals surface area contributed by atoms with Gasteiger partial charge in [-0.15, -0.1) is 0 Å². The zero-order chi connectivity index (χ0) is 14.7. The van der Waals surface area contributed by atoms with Gasteiger partial charge in [-0.05, 0) is 34.3 Å². The number of nitrogen functional groups attached to an aromatic ring is 1. The van der Waals surface area contributed by atoms with E-state index in [9.17, 15) is 4.39 Å². The van der Waals surface area contributed by atoms with Crippen LogP contribution < -0.4 is 5.73 Å². The molecule has 0 aliphatic rings. The summed E-state index contributed by atoms with van der Waals surface area (Å²) in [5.41, 5.74) is 7.24. The van der Waals surface area contributed by atoms with Gasteiger partial charge in [-0.25, -0.2) is 9.37 Å². The van der Waals surface area contributed by atoms with E-state index in [1.54, 1.807) is 10.6 Å². The molecular weight excluding hydrogens is 325 g/mol. The van der Waals surface area contributed by atoms with Crippen molar-refractivity contribution in [3.05, 3.63) is 22.4 Å². The number of benzene rings is 1. The van der Waals surface area contributed by atoms with E-state index < -0.39 is 0 Å². The highest BCUT2D eigenvalue weighted by molar-refractivity contribution is 9.10. The third kappa shape index (κ3) is 3.49. The first-order chi connectivity index (χ1) is 9.49. The van der Waals surface area contributed by atoms with Crippen molar-refractivity contribution in [1.29, 1.82) is 0 Å². The van der Waals surface area contributed by atoms with Crippen LogP contribution in [0.2, 0.25) is 0 Å². The second kappa shape index (κ2) is 6.54. The minimum atomic E-state index is -0.320. The summed E-state index contributed by atoms with van der Waals surface area (Å²) < 4.78 is 21.3. The third-order valence-corrected chi connectivity index (χ3v) is 3.73. The fraction of sp³-hybridized carbons (Fsp3) is 0.500. The highest BCUT2D eigenvalue weighted by Crippen LogP contribution is 2.24. The molecule has 1 heterocycles. The van der Waals surface area contributed by atoms with E-state index in [4.69, 9.17) is 10.5 Å². The van der Waals surface area contributed by atoms with Gasteiger partial charge in [0.05, 0.1) is 22.1 Å². The maximum atomic E-state index is 13.6. The number of anilines is 1. The summed E-state index contributed by atoms with van der Waals surface area (Å²) in [6.45, 7) is 6.16.